The highest BCUT2D eigenvalue weighted by Gasteiger charge is 2.26. The lowest BCUT2D eigenvalue weighted by Gasteiger charge is -2.05. The number of rotatable bonds is 0. The molecule has 0 rings (SSSR count). The summed E-state index contributed by atoms with van der Waals surface area (Å²) in [4.78, 5) is 0. The van der Waals surface area contributed by atoms with Gasteiger partial charge in [0.2, 0.25) is 0 Å². The fourth-order valence-electron chi connectivity index (χ4n) is 0.171. The summed E-state index contributed by atoms with van der Waals surface area (Å²) in [5, 5.41) is 7.06. The average molecular weight is 125 g/mol. The van der Waals surface area contributed by atoms with Gasteiger partial charge in [0.15, 0.2) is 0 Å². The molecule has 0 saturated heterocycles. The van der Waals surface area contributed by atoms with Crippen molar-refractivity contribution in [3.05, 3.63) is 6.92 Å². The SMILES string of the molecule is [CH2]C(=N)NC(F)(F)F. The molecular formula is C3H4F3N2. The van der Waals surface area contributed by atoms with E-state index in [1.165, 1.54) is 0 Å². The van der Waals surface area contributed by atoms with Crippen LogP contribution < -0.4 is 5.32 Å². The van der Waals surface area contributed by atoms with Crippen LogP contribution in [-0.4, -0.2) is 12.1 Å². The molecule has 0 aromatic carbocycles. The van der Waals surface area contributed by atoms with Gasteiger partial charge in [-0.15, -0.1) is 0 Å². The van der Waals surface area contributed by atoms with Gasteiger partial charge in [-0.25, -0.2) is 0 Å². The monoisotopic (exact) mass is 125 g/mol. The number of amidine groups is 1. The van der Waals surface area contributed by atoms with Crippen LogP contribution in [0.5, 0.6) is 0 Å². The largest absolute Gasteiger partial charge is 0.483 e. The predicted molar refractivity (Wildman–Crippen MR) is 22.3 cm³/mol. The molecule has 47 valence electrons. The molecule has 0 atom stereocenters. The van der Waals surface area contributed by atoms with Crippen LogP contribution in [0.25, 0.3) is 0 Å². The lowest BCUT2D eigenvalue weighted by molar-refractivity contribution is -0.141. The van der Waals surface area contributed by atoms with E-state index in [1.807, 2.05) is 0 Å². The number of halogens is 3. The fraction of sp³-hybridized carbons (Fsp3) is 0.333. The molecule has 0 aromatic rings. The second-order valence-corrected chi connectivity index (χ2v) is 1.10. The molecule has 0 amide bonds. The Balaban J connectivity index is 3.55. The van der Waals surface area contributed by atoms with Gasteiger partial charge in [-0.3, -0.25) is 10.7 Å². The van der Waals surface area contributed by atoms with Crippen LogP contribution in [0.2, 0.25) is 0 Å². The minimum Gasteiger partial charge on any atom is -0.288 e. The van der Waals surface area contributed by atoms with Gasteiger partial charge in [0.25, 0.3) is 0 Å². The summed E-state index contributed by atoms with van der Waals surface area (Å²) in [7, 11) is 0. The van der Waals surface area contributed by atoms with Crippen LogP contribution in [0.1, 0.15) is 0 Å². The molecule has 0 bridgehead atoms. The first-order valence-corrected chi connectivity index (χ1v) is 1.67. The Hall–Kier alpha value is -0.740. The molecule has 5 heteroatoms. The molecule has 0 aliphatic heterocycles. The maximum absolute atomic E-state index is 11.0. The van der Waals surface area contributed by atoms with E-state index in [1.54, 1.807) is 0 Å². The summed E-state index contributed by atoms with van der Waals surface area (Å²) in [6.45, 7) is 2.68. The van der Waals surface area contributed by atoms with Crippen molar-refractivity contribution in [2.45, 2.75) is 6.30 Å². The Kier molecular flexibility index (Phi) is 1.83. The summed E-state index contributed by atoms with van der Waals surface area (Å²) in [5.41, 5.74) is 0. The number of alkyl halides is 3. The van der Waals surface area contributed by atoms with Crippen LogP contribution >= 0.6 is 0 Å². The fourth-order valence-corrected chi connectivity index (χ4v) is 0.171. The third-order valence-electron chi connectivity index (χ3n) is 0.293. The number of hydrogen-bond donors (Lipinski definition) is 2. The zero-order valence-corrected chi connectivity index (χ0v) is 3.84. The van der Waals surface area contributed by atoms with E-state index in [0.717, 1.165) is 5.32 Å². The molecule has 0 fully saturated rings. The smallest absolute Gasteiger partial charge is 0.288 e. The van der Waals surface area contributed by atoms with Gasteiger partial charge in [-0.2, -0.15) is 13.2 Å². The lowest BCUT2D eigenvalue weighted by atomic mass is 10.7. The Bertz CT molecular complexity index is 95.2. The zero-order chi connectivity index (χ0) is 6.78. The molecule has 0 aliphatic carbocycles. The molecule has 0 saturated carbocycles. The van der Waals surface area contributed by atoms with E-state index in [9.17, 15) is 13.2 Å². The van der Waals surface area contributed by atoms with Crippen LogP contribution in [-0.2, 0) is 0 Å². The van der Waals surface area contributed by atoms with Gasteiger partial charge in [-0.1, -0.05) is 0 Å². The van der Waals surface area contributed by atoms with E-state index in [2.05, 4.69) is 6.92 Å². The predicted octanol–water partition coefficient (Wildman–Crippen LogP) is 0.907. The topological polar surface area (TPSA) is 35.9 Å². The molecule has 8 heavy (non-hydrogen) atoms. The first kappa shape index (κ1) is 7.26. The van der Waals surface area contributed by atoms with Gasteiger partial charge in [0.1, 0.15) is 5.84 Å². The summed E-state index contributed by atoms with van der Waals surface area (Å²) in [6.07, 6.45) is -4.52. The van der Waals surface area contributed by atoms with Crippen LogP contribution in [0.3, 0.4) is 0 Å². The van der Waals surface area contributed by atoms with E-state index in [-0.39, 0.29) is 0 Å². The first-order valence-electron chi connectivity index (χ1n) is 1.67. The van der Waals surface area contributed by atoms with E-state index < -0.39 is 12.1 Å². The molecule has 0 aromatic heterocycles. The second-order valence-electron chi connectivity index (χ2n) is 1.10. The summed E-state index contributed by atoms with van der Waals surface area (Å²) < 4.78 is 33.0. The van der Waals surface area contributed by atoms with Gasteiger partial charge in [0, 0.05) is 6.92 Å². The highest BCUT2D eigenvalue weighted by molar-refractivity contribution is 5.83. The lowest BCUT2D eigenvalue weighted by Crippen LogP contribution is -2.34. The maximum Gasteiger partial charge on any atom is 0.483 e. The molecule has 0 heterocycles. The summed E-state index contributed by atoms with van der Waals surface area (Å²) in [5.74, 6) is -0.850. The Morgan fingerprint density at radius 2 is 1.88 bits per heavy atom. The van der Waals surface area contributed by atoms with Crippen molar-refractivity contribution >= 4 is 5.84 Å². The van der Waals surface area contributed by atoms with Crippen LogP contribution in [0.4, 0.5) is 13.2 Å². The minimum absolute atomic E-state index is 0.850. The number of hydrogen-bond acceptors (Lipinski definition) is 1. The molecule has 0 spiro atoms. The minimum atomic E-state index is -4.52. The second kappa shape index (κ2) is 2.02. The maximum atomic E-state index is 11.0. The summed E-state index contributed by atoms with van der Waals surface area (Å²) in [6, 6.07) is 0. The van der Waals surface area contributed by atoms with Crippen molar-refractivity contribution < 1.29 is 13.2 Å². The average Bonchev–Trinajstić information content (AvgIpc) is 1.21. The van der Waals surface area contributed by atoms with Crippen molar-refractivity contribution in [1.82, 2.24) is 5.32 Å². The standard InChI is InChI=1S/C3H4F3N2/c1-2(7)8-3(4,5)6/h1H2,(H2,7,8). The Morgan fingerprint density at radius 1 is 1.50 bits per heavy atom. The van der Waals surface area contributed by atoms with Crippen LogP contribution in [0.15, 0.2) is 0 Å². The molecule has 0 aliphatic rings. The van der Waals surface area contributed by atoms with Gasteiger partial charge >= 0.3 is 6.30 Å². The third kappa shape index (κ3) is 5.26. The molecular weight excluding hydrogens is 121 g/mol. The van der Waals surface area contributed by atoms with Crippen LogP contribution in [0, 0.1) is 12.3 Å². The van der Waals surface area contributed by atoms with Gasteiger partial charge in [0.05, 0.1) is 0 Å². The van der Waals surface area contributed by atoms with E-state index in [4.69, 9.17) is 5.41 Å². The molecule has 2 nitrogen and oxygen atoms in total. The van der Waals surface area contributed by atoms with Crippen molar-refractivity contribution in [3.8, 4) is 0 Å². The quantitative estimate of drug-likeness (QED) is 0.281. The Labute approximate surface area is 44.2 Å². The number of nitrogens with one attached hydrogen (secondary N) is 2. The summed E-state index contributed by atoms with van der Waals surface area (Å²) >= 11 is 0. The van der Waals surface area contributed by atoms with E-state index >= 15 is 0 Å². The zero-order valence-electron chi connectivity index (χ0n) is 3.84. The normalized spacial score (nSPS) is 11.0. The third-order valence-corrected chi connectivity index (χ3v) is 0.293. The van der Waals surface area contributed by atoms with Gasteiger partial charge < -0.3 is 0 Å². The molecule has 0 unspecified atom stereocenters. The van der Waals surface area contributed by atoms with Crippen molar-refractivity contribution in [2.24, 2.45) is 0 Å². The highest BCUT2D eigenvalue weighted by Crippen LogP contribution is 2.08. The van der Waals surface area contributed by atoms with Crippen molar-refractivity contribution in [2.75, 3.05) is 0 Å². The van der Waals surface area contributed by atoms with Crippen molar-refractivity contribution in [3.63, 3.8) is 0 Å². The highest BCUT2D eigenvalue weighted by atomic mass is 19.4. The van der Waals surface area contributed by atoms with E-state index in [0.29, 0.717) is 0 Å². The first-order chi connectivity index (χ1) is 3.42. The molecule has 1 radical (unpaired) electrons. The van der Waals surface area contributed by atoms with Gasteiger partial charge in [-0.05, 0) is 0 Å². The Morgan fingerprint density at radius 3 is 1.88 bits per heavy atom. The molecule has 2 N–H and O–H groups in total. The van der Waals surface area contributed by atoms with Crippen molar-refractivity contribution in [1.29, 1.82) is 5.41 Å².